The Morgan fingerprint density at radius 3 is 2.72 bits per heavy atom. The number of H-pyrrole nitrogens is 1. The van der Waals surface area contributed by atoms with E-state index in [1.54, 1.807) is 18.0 Å². The molecule has 0 spiro atoms. The fourth-order valence-electron chi connectivity index (χ4n) is 2.34. The van der Waals surface area contributed by atoms with Crippen molar-refractivity contribution in [1.82, 2.24) is 14.9 Å². The fourth-order valence-corrected chi connectivity index (χ4v) is 2.52. The van der Waals surface area contributed by atoms with Crippen molar-refractivity contribution < 1.29 is 9.47 Å². The van der Waals surface area contributed by atoms with Crippen molar-refractivity contribution in [2.45, 2.75) is 6.92 Å². The molecule has 1 N–H and O–H groups in total. The molecule has 0 unspecified atom stereocenters. The predicted molar refractivity (Wildman–Crippen MR) is 100 cm³/mol. The Labute approximate surface area is 150 Å². The molecular weight excluding hydrogens is 336 g/mol. The lowest BCUT2D eigenvalue weighted by molar-refractivity contribution is 0.311. The number of methoxy groups -OCH3 is 1. The summed E-state index contributed by atoms with van der Waals surface area (Å²) >= 11 is 5.28. The number of hydrogen-bond acceptors (Lipinski definition) is 5. The maximum Gasteiger partial charge on any atom is 0.216 e. The summed E-state index contributed by atoms with van der Waals surface area (Å²) in [4.78, 5) is 0. The molecule has 3 rings (SSSR count). The molecule has 0 aliphatic carbocycles. The van der Waals surface area contributed by atoms with Gasteiger partial charge < -0.3 is 9.47 Å². The lowest BCUT2D eigenvalue weighted by atomic mass is 10.2. The monoisotopic (exact) mass is 354 g/mol. The highest BCUT2D eigenvalue weighted by Gasteiger charge is 2.08. The summed E-state index contributed by atoms with van der Waals surface area (Å²) in [7, 11) is 1.61. The Kier molecular flexibility index (Phi) is 5.25. The molecule has 1 heterocycles. The average molecular weight is 354 g/mol. The number of aromatic amines is 1. The second-order valence-corrected chi connectivity index (χ2v) is 5.50. The van der Waals surface area contributed by atoms with E-state index in [9.17, 15) is 0 Å². The van der Waals surface area contributed by atoms with Gasteiger partial charge in [0.2, 0.25) is 4.77 Å². The van der Waals surface area contributed by atoms with Gasteiger partial charge in [0.25, 0.3) is 0 Å². The third kappa shape index (κ3) is 3.77. The lowest BCUT2D eigenvalue weighted by Gasteiger charge is -2.09. The average Bonchev–Trinajstić information content (AvgIpc) is 3.02. The number of rotatable bonds is 6. The van der Waals surface area contributed by atoms with Crippen molar-refractivity contribution in [1.29, 1.82) is 0 Å². The van der Waals surface area contributed by atoms with Crippen LogP contribution >= 0.6 is 12.2 Å². The summed E-state index contributed by atoms with van der Waals surface area (Å²) in [5.74, 6) is 2.01. The van der Waals surface area contributed by atoms with Crippen molar-refractivity contribution >= 4 is 18.4 Å². The lowest BCUT2D eigenvalue weighted by Crippen LogP contribution is -1.98. The quantitative estimate of drug-likeness (QED) is 0.539. The van der Waals surface area contributed by atoms with Gasteiger partial charge in [-0.1, -0.05) is 30.3 Å². The first-order valence-corrected chi connectivity index (χ1v) is 8.21. The fraction of sp³-hybridized carbons (Fsp3) is 0.167. The first kappa shape index (κ1) is 16.9. The highest BCUT2D eigenvalue weighted by atomic mass is 32.1. The molecule has 0 bridgehead atoms. The van der Waals surface area contributed by atoms with E-state index in [2.05, 4.69) is 15.3 Å². The number of hydrogen-bond donors (Lipinski definition) is 1. The molecule has 6 nitrogen and oxygen atoms in total. The largest absolute Gasteiger partial charge is 0.493 e. The van der Waals surface area contributed by atoms with Crippen LogP contribution in [0.3, 0.4) is 0 Å². The molecule has 2 aromatic carbocycles. The maximum atomic E-state index is 5.59. The van der Waals surface area contributed by atoms with Crippen molar-refractivity contribution in [3.8, 4) is 22.9 Å². The van der Waals surface area contributed by atoms with Gasteiger partial charge in [0.1, 0.15) is 0 Å². The zero-order chi connectivity index (χ0) is 17.6. The predicted octanol–water partition coefficient (Wildman–Crippen LogP) is 3.90. The Morgan fingerprint density at radius 2 is 2.00 bits per heavy atom. The van der Waals surface area contributed by atoms with Gasteiger partial charge in [0.05, 0.1) is 19.9 Å². The van der Waals surface area contributed by atoms with E-state index in [1.165, 1.54) is 0 Å². The molecule has 7 heteroatoms. The van der Waals surface area contributed by atoms with Gasteiger partial charge in [-0.15, -0.1) is 0 Å². The van der Waals surface area contributed by atoms with Crippen molar-refractivity contribution in [2.24, 2.45) is 5.10 Å². The van der Waals surface area contributed by atoms with Crippen LogP contribution in [0.5, 0.6) is 11.5 Å². The minimum absolute atomic E-state index is 0.425. The number of nitrogens with zero attached hydrogens (tertiary/aromatic N) is 3. The molecule has 0 atom stereocenters. The maximum absolute atomic E-state index is 5.59. The van der Waals surface area contributed by atoms with E-state index in [4.69, 9.17) is 21.7 Å². The van der Waals surface area contributed by atoms with Crippen LogP contribution in [0.15, 0.2) is 53.6 Å². The van der Waals surface area contributed by atoms with E-state index in [0.717, 1.165) is 11.1 Å². The highest BCUT2D eigenvalue weighted by molar-refractivity contribution is 7.71. The Balaban J connectivity index is 1.94. The first-order valence-electron chi connectivity index (χ1n) is 7.81. The molecule has 1 aromatic heterocycles. The van der Waals surface area contributed by atoms with Gasteiger partial charge in [-0.3, -0.25) is 0 Å². The second kappa shape index (κ2) is 7.76. The SMILES string of the molecule is CCOc1cc(/C=N/n2c(-c3ccccc3)n[nH]c2=S)ccc1OC. The van der Waals surface area contributed by atoms with Gasteiger partial charge >= 0.3 is 0 Å². The summed E-state index contributed by atoms with van der Waals surface area (Å²) < 4.78 is 12.9. The van der Waals surface area contributed by atoms with Crippen LogP contribution in [-0.2, 0) is 0 Å². The Bertz CT molecular complexity index is 932. The topological polar surface area (TPSA) is 64.4 Å². The van der Waals surface area contributed by atoms with Crippen molar-refractivity contribution in [3.63, 3.8) is 0 Å². The van der Waals surface area contributed by atoms with Crippen LogP contribution in [0.2, 0.25) is 0 Å². The summed E-state index contributed by atoms with van der Waals surface area (Å²) in [5.41, 5.74) is 1.79. The van der Waals surface area contributed by atoms with Gasteiger partial charge in [-0.25, -0.2) is 5.10 Å². The molecule has 0 saturated carbocycles. The Hall–Kier alpha value is -2.93. The van der Waals surface area contributed by atoms with Gasteiger partial charge in [0, 0.05) is 5.56 Å². The molecule has 25 heavy (non-hydrogen) atoms. The molecule has 0 aliphatic heterocycles. The van der Waals surface area contributed by atoms with E-state index in [1.807, 2.05) is 55.5 Å². The molecule has 128 valence electrons. The van der Waals surface area contributed by atoms with Crippen LogP contribution in [-0.4, -0.2) is 34.8 Å². The second-order valence-electron chi connectivity index (χ2n) is 5.12. The van der Waals surface area contributed by atoms with Gasteiger partial charge in [-0.2, -0.15) is 14.9 Å². The number of ether oxygens (including phenoxy) is 2. The molecule has 0 aliphatic rings. The van der Waals surface area contributed by atoms with E-state index in [-0.39, 0.29) is 0 Å². The third-order valence-electron chi connectivity index (χ3n) is 3.49. The minimum Gasteiger partial charge on any atom is -0.493 e. The van der Waals surface area contributed by atoms with Gasteiger partial charge in [0.15, 0.2) is 17.3 Å². The molecule has 0 radical (unpaired) electrons. The molecule has 0 fully saturated rings. The van der Waals surface area contributed by atoms with E-state index < -0.39 is 0 Å². The standard InChI is InChI=1S/C18H18N4O2S/c1-3-24-16-11-13(9-10-15(16)23-2)12-19-22-17(20-21-18(22)25)14-7-5-4-6-8-14/h4-12H,3H2,1-2H3,(H,21,25)/b19-12+. The van der Waals surface area contributed by atoms with Crippen molar-refractivity contribution in [2.75, 3.05) is 13.7 Å². The molecular formula is C18H18N4O2S. The highest BCUT2D eigenvalue weighted by Crippen LogP contribution is 2.27. The first-order chi connectivity index (χ1) is 12.2. The minimum atomic E-state index is 0.425. The summed E-state index contributed by atoms with van der Waals surface area (Å²) in [6.45, 7) is 2.49. The number of aromatic nitrogens is 3. The van der Waals surface area contributed by atoms with Crippen LogP contribution in [0.25, 0.3) is 11.4 Å². The van der Waals surface area contributed by atoms with Gasteiger partial charge in [-0.05, 0) is 42.9 Å². The summed E-state index contributed by atoms with van der Waals surface area (Å²) in [6.07, 6.45) is 1.71. The molecule has 0 saturated heterocycles. The van der Waals surface area contributed by atoms with Crippen LogP contribution < -0.4 is 9.47 Å². The van der Waals surface area contributed by atoms with Crippen molar-refractivity contribution in [3.05, 3.63) is 58.9 Å². The number of nitrogens with one attached hydrogen (secondary N) is 1. The zero-order valence-corrected chi connectivity index (χ0v) is 14.8. The number of benzene rings is 2. The summed E-state index contributed by atoms with van der Waals surface area (Å²) in [6, 6.07) is 15.4. The van der Waals surface area contributed by atoms with Crippen LogP contribution in [0, 0.1) is 4.77 Å². The molecule has 0 amide bonds. The Morgan fingerprint density at radius 1 is 1.20 bits per heavy atom. The zero-order valence-electron chi connectivity index (χ0n) is 14.0. The van der Waals surface area contributed by atoms with E-state index in [0.29, 0.717) is 28.7 Å². The van der Waals surface area contributed by atoms with Crippen LogP contribution in [0.4, 0.5) is 0 Å². The smallest absolute Gasteiger partial charge is 0.216 e. The van der Waals surface area contributed by atoms with E-state index >= 15 is 0 Å². The third-order valence-corrected chi connectivity index (χ3v) is 3.76. The summed E-state index contributed by atoms with van der Waals surface area (Å²) in [5, 5.41) is 11.5. The molecule has 3 aromatic rings. The van der Waals surface area contributed by atoms with Crippen LogP contribution in [0.1, 0.15) is 12.5 Å². The normalized spacial score (nSPS) is 11.0.